The van der Waals surface area contributed by atoms with E-state index in [9.17, 15) is 28.1 Å². The van der Waals surface area contributed by atoms with Crippen LogP contribution in [0.15, 0.2) is 60.1 Å². The van der Waals surface area contributed by atoms with E-state index < -0.39 is 28.3 Å². The molecule has 0 radical (unpaired) electrons. The van der Waals surface area contributed by atoms with Crippen molar-refractivity contribution in [1.82, 2.24) is 14.8 Å². The minimum atomic E-state index is -4.89. The molecule has 168 valence electrons. The number of hydrogen-bond acceptors (Lipinski definition) is 6. The molecule has 0 fully saturated rings. The molecule has 33 heavy (non-hydrogen) atoms. The highest BCUT2D eigenvalue weighted by atomic mass is 35.5. The average molecular weight is 494 g/mol. The topological polar surface area (TPSA) is 103 Å². The van der Waals surface area contributed by atoms with Gasteiger partial charge in [-0.3, -0.25) is 20.2 Å². The zero-order chi connectivity index (χ0) is 23.8. The van der Waals surface area contributed by atoms with E-state index in [4.69, 9.17) is 11.6 Å². The lowest BCUT2D eigenvalue weighted by atomic mass is 10.1. The van der Waals surface area contributed by atoms with Crippen LogP contribution in [0.1, 0.15) is 16.1 Å². The maximum Gasteiger partial charge on any atom is 0.434 e. The summed E-state index contributed by atoms with van der Waals surface area (Å²) in [4.78, 5) is 27.2. The van der Waals surface area contributed by atoms with Crippen LogP contribution in [0.5, 0.6) is 0 Å². The van der Waals surface area contributed by atoms with Crippen LogP contribution >= 0.6 is 22.9 Å². The lowest BCUT2D eigenvalue weighted by Gasteiger charge is -2.12. The molecular weight excluding hydrogens is 483 g/mol. The van der Waals surface area contributed by atoms with Crippen molar-refractivity contribution in [3.8, 4) is 16.9 Å². The van der Waals surface area contributed by atoms with E-state index in [1.807, 2.05) is 0 Å². The minimum absolute atomic E-state index is 0.0186. The highest BCUT2D eigenvalue weighted by Gasteiger charge is 2.40. The van der Waals surface area contributed by atoms with Gasteiger partial charge in [-0.2, -0.15) is 18.3 Å². The Hall–Kier alpha value is -3.77. The van der Waals surface area contributed by atoms with Gasteiger partial charge in [0.15, 0.2) is 10.8 Å². The van der Waals surface area contributed by atoms with E-state index in [-0.39, 0.29) is 21.5 Å². The van der Waals surface area contributed by atoms with Crippen LogP contribution in [0.2, 0.25) is 5.02 Å². The molecule has 4 rings (SSSR count). The third-order valence-corrected chi connectivity index (χ3v) is 5.41. The van der Waals surface area contributed by atoms with Crippen LogP contribution in [0.3, 0.4) is 0 Å². The van der Waals surface area contributed by atoms with Gasteiger partial charge in [-0.1, -0.05) is 29.8 Å². The van der Waals surface area contributed by atoms with Crippen LogP contribution in [-0.2, 0) is 6.18 Å². The Morgan fingerprint density at radius 3 is 2.64 bits per heavy atom. The van der Waals surface area contributed by atoms with Crippen LogP contribution in [0.25, 0.3) is 16.9 Å². The zero-order valence-electron chi connectivity index (χ0n) is 16.2. The third-order valence-electron chi connectivity index (χ3n) is 4.41. The van der Waals surface area contributed by atoms with Crippen molar-refractivity contribution in [3.63, 3.8) is 0 Å². The first-order valence-electron chi connectivity index (χ1n) is 9.06. The largest absolute Gasteiger partial charge is 0.434 e. The van der Waals surface area contributed by atoms with Crippen LogP contribution in [-0.4, -0.2) is 25.6 Å². The molecule has 1 N–H and O–H groups in total. The van der Waals surface area contributed by atoms with Crippen LogP contribution in [0, 0.1) is 10.1 Å². The number of carbonyl (C=O) groups excluding carboxylic acids is 1. The van der Waals surface area contributed by atoms with Gasteiger partial charge < -0.3 is 0 Å². The number of amides is 1. The van der Waals surface area contributed by atoms with Crippen molar-refractivity contribution in [1.29, 1.82) is 0 Å². The molecule has 2 aromatic heterocycles. The Morgan fingerprint density at radius 2 is 1.94 bits per heavy atom. The van der Waals surface area contributed by atoms with Crippen molar-refractivity contribution < 1.29 is 22.9 Å². The molecule has 4 aromatic rings. The maximum absolute atomic E-state index is 13.8. The molecule has 0 aliphatic heterocycles. The first-order chi connectivity index (χ1) is 15.6. The first kappa shape index (κ1) is 22.4. The van der Waals surface area contributed by atoms with Crippen molar-refractivity contribution in [2.75, 3.05) is 5.32 Å². The number of aromatic nitrogens is 3. The minimum Gasteiger partial charge on any atom is -0.298 e. The molecule has 13 heteroatoms. The number of anilines is 1. The summed E-state index contributed by atoms with van der Waals surface area (Å²) in [6, 6.07) is 11.3. The van der Waals surface area contributed by atoms with E-state index >= 15 is 0 Å². The maximum atomic E-state index is 13.8. The molecule has 2 heterocycles. The number of hydrogen-bond donors (Lipinski definition) is 1. The summed E-state index contributed by atoms with van der Waals surface area (Å²) in [5.41, 5.74) is -1.33. The average Bonchev–Trinajstić information content (AvgIpc) is 3.41. The Bertz CT molecular complexity index is 1370. The highest BCUT2D eigenvalue weighted by Crippen LogP contribution is 2.35. The Kier molecular flexibility index (Phi) is 5.87. The zero-order valence-corrected chi connectivity index (χ0v) is 17.8. The number of nitro groups is 1. The molecule has 2 aromatic carbocycles. The second-order valence-electron chi connectivity index (χ2n) is 6.60. The van der Waals surface area contributed by atoms with Gasteiger partial charge in [-0.25, -0.2) is 9.67 Å². The van der Waals surface area contributed by atoms with Gasteiger partial charge in [0, 0.05) is 28.1 Å². The van der Waals surface area contributed by atoms with Crippen LogP contribution < -0.4 is 5.32 Å². The molecule has 0 saturated heterocycles. The lowest BCUT2D eigenvalue weighted by molar-refractivity contribution is -0.384. The van der Waals surface area contributed by atoms with Gasteiger partial charge in [0.05, 0.1) is 28.1 Å². The standard InChI is InChI=1S/C20H11ClF3N5O3S/c21-12-4-2-5-13(8-12)28-17(20(22,23)24)15(9-25-28)18(30)27-19-26-16(10-33-19)11-3-1-6-14(7-11)29(31)32/h1-10H,(H,26,27,30). The monoisotopic (exact) mass is 493 g/mol. The SMILES string of the molecule is O=C(Nc1nc(-c2cccc([N+](=O)[O-])c2)cs1)c1cnn(-c2cccc(Cl)c2)c1C(F)(F)F. The normalized spacial score (nSPS) is 11.4. The van der Waals surface area contributed by atoms with Crippen molar-refractivity contribution in [2.24, 2.45) is 0 Å². The number of nitrogens with one attached hydrogen (secondary N) is 1. The number of alkyl halides is 3. The number of nitrogens with zero attached hydrogens (tertiary/aromatic N) is 4. The second kappa shape index (κ2) is 8.64. The number of non-ortho nitro benzene ring substituents is 1. The number of nitro benzene ring substituents is 1. The fourth-order valence-corrected chi connectivity index (χ4v) is 3.90. The lowest BCUT2D eigenvalue weighted by Crippen LogP contribution is -2.20. The smallest absolute Gasteiger partial charge is 0.298 e. The number of halogens is 4. The quantitative estimate of drug-likeness (QED) is 0.278. The Morgan fingerprint density at radius 1 is 1.18 bits per heavy atom. The van der Waals surface area contributed by atoms with E-state index in [1.165, 1.54) is 47.8 Å². The van der Waals surface area contributed by atoms with E-state index in [0.29, 0.717) is 15.9 Å². The predicted molar refractivity (Wildman–Crippen MR) is 116 cm³/mol. The molecule has 0 atom stereocenters. The number of benzene rings is 2. The van der Waals surface area contributed by atoms with Crippen molar-refractivity contribution >= 4 is 39.7 Å². The molecule has 0 bridgehead atoms. The van der Waals surface area contributed by atoms with Crippen LogP contribution in [0.4, 0.5) is 24.0 Å². The summed E-state index contributed by atoms with van der Waals surface area (Å²) in [6.07, 6.45) is -4.07. The van der Waals surface area contributed by atoms with E-state index in [1.54, 1.807) is 6.07 Å². The van der Waals surface area contributed by atoms with Gasteiger partial charge in [-0.05, 0) is 18.2 Å². The molecule has 1 amide bonds. The van der Waals surface area contributed by atoms with Gasteiger partial charge in [0.2, 0.25) is 0 Å². The molecule has 0 saturated carbocycles. The predicted octanol–water partition coefficient (Wildman–Crippen LogP) is 5.83. The molecule has 0 spiro atoms. The summed E-state index contributed by atoms with van der Waals surface area (Å²) >= 11 is 6.83. The molecule has 0 unspecified atom stereocenters. The first-order valence-corrected chi connectivity index (χ1v) is 10.3. The molecule has 0 aliphatic carbocycles. The molecular formula is C20H11ClF3N5O3S. The number of rotatable bonds is 5. The Labute approximate surface area is 192 Å². The van der Waals surface area contributed by atoms with E-state index in [0.717, 1.165) is 17.5 Å². The third kappa shape index (κ3) is 4.71. The second-order valence-corrected chi connectivity index (χ2v) is 7.89. The summed E-state index contributed by atoms with van der Waals surface area (Å²) in [5.74, 6) is -1.06. The van der Waals surface area contributed by atoms with Crippen molar-refractivity contribution in [2.45, 2.75) is 6.18 Å². The summed E-state index contributed by atoms with van der Waals surface area (Å²) < 4.78 is 42.0. The molecule has 0 aliphatic rings. The van der Waals surface area contributed by atoms with Gasteiger partial charge in [0.25, 0.3) is 11.6 Å². The summed E-state index contributed by atoms with van der Waals surface area (Å²) in [7, 11) is 0. The van der Waals surface area contributed by atoms with Gasteiger partial charge in [-0.15, -0.1) is 11.3 Å². The van der Waals surface area contributed by atoms with Gasteiger partial charge >= 0.3 is 6.18 Å². The van der Waals surface area contributed by atoms with Gasteiger partial charge in [0.1, 0.15) is 0 Å². The fraction of sp³-hybridized carbons (Fsp3) is 0.0500. The fourth-order valence-electron chi connectivity index (χ4n) is 3.00. The summed E-state index contributed by atoms with van der Waals surface area (Å²) in [5, 5.41) is 18.8. The summed E-state index contributed by atoms with van der Waals surface area (Å²) in [6.45, 7) is 0. The number of carbonyl (C=O) groups is 1. The Balaban J connectivity index is 1.64. The molecule has 8 nitrogen and oxygen atoms in total. The number of thiazole rings is 1. The van der Waals surface area contributed by atoms with Crippen molar-refractivity contribution in [3.05, 3.63) is 86.5 Å². The highest BCUT2D eigenvalue weighted by molar-refractivity contribution is 7.14. The van der Waals surface area contributed by atoms with E-state index in [2.05, 4.69) is 15.4 Å².